The maximum absolute atomic E-state index is 5.39. The Balaban J connectivity index is 2.48. The summed E-state index contributed by atoms with van der Waals surface area (Å²) in [4.78, 5) is 3.57. The highest BCUT2D eigenvalue weighted by atomic mass is 32.1. The molecule has 0 saturated heterocycles. The summed E-state index contributed by atoms with van der Waals surface area (Å²) in [6.45, 7) is 0. The van der Waals surface area contributed by atoms with Crippen LogP contribution in [0.5, 0.6) is 0 Å². The van der Waals surface area contributed by atoms with Crippen molar-refractivity contribution in [3.8, 4) is 0 Å². The number of thiocarbonyl (C=S) groups is 1. The highest BCUT2D eigenvalue weighted by Crippen LogP contribution is 2.18. The van der Waals surface area contributed by atoms with E-state index in [2.05, 4.69) is 11.1 Å². The van der Waals surface area contributed by atoms with E-state index in [-0.39, 0.29) is 0 Å². The lowest BCUT2D eigenvalue weighted by Crippen LogP contribution is -2.01. The molecule has 1 aromatic heterocycles. The van der Waals surface area contributed by atoms with Gasteiger partial charge in [0.1, 0.15) is 0 Å². The van der Waals surface area contributed by atoms with Crippen LogP contribution in [0.3, 0.4) is 0 Å². The molecule has 0 spiro atoms. The first-order chi connectivity index (χ1) is 6.77. The van der Waals surface area contributed by atoms with Crippen molar-refractivity contribution in [1.82, 2.24) is 4.98 Å². The van der Waals surface area contributed by atoms with Gasteiger partial charge in [-0.3, -0.25) is 0 Å². The second-order valence-electron chi connectivity index (χ2n) is 3.03. The molecule has 0 radical (unpaired) electrons. The standard InChI is InChI=1S/C11H10N2S/c12-11(14)6-5-8-7-13-10-4-2-1-3-9(8)10/h1-7,13H,(H2,12,14)/b6-5+. The first-order valence-electron chi connectivity index (χ1n) is 4.31. The Kier molecular flexibility index (Phi) is 2.33. The molecule has 2 rings (SSSR count). The molecule has 0 fully saturated rings. The SMILES string of the molecule is NC(=S)/C=C/c1c[nH]c2ccccc12. The van der Waals surface area contributed by atoms with Gasteiger partial charge in [-0.25, -0.2) is 0 Å². The Morgan fingerprint density at radius 3 is 2.93 bits per heavy atom. The van der Waals surface area contributed by atoms with Gasteiger partial charge in [0.05, 0.1) is 4.99 Å². The molecule has 0 aliphatic heterocycles. The lowest BCUT2D eigenvalue weighted by Gasteiger charge is -1.90. The summed E-state index contributed by atoms with van der Waals surface area (Å²) < 4.78 is 0. The molecule has 2 aromatic rings. The number of hydrogen-bond acceptors (Lipinski definition) is 1. The van der Waals surface area contributed by atoms with E-state index in [9.17, 15) is 0 Å². The van der Waals surface area contributed by atoms with E-state index in [0.29, 0.717) is 4.99 Å². The topological polar surface area (TPSA) is 41.8 Å². The Morgan fingerprint density at radius 1 is 1.36 bits per heavy atom. The first-order valence-corrected chi connectivity index (χ1v) is 4.72. The molecular formula is C11H10N2S. The Labute approximate surface area is 87.4 Å². The van der Waals surface area contributed by atoms with Crippen molar-refractivity contribution < 1.29 is 0 Å². The third-order valence-electron chi connectivity index (χ3n) is 2.05. The van der Waals surface area contributed by atoms with Gasteiger partial charge < -0.3 is 10.7 Å². The van der Waals surface area contributed by atoms with Gasteiger partial charge >= 0.3 is 0 Å². The molecule has 3 heteroatoms. The van der Waals surface area contributed by atoms with E-state index in [4.69, 9.17) is 18.0 Å². The fourth-order valence-electron chi connectivity index (χ4n) is 1.40. The predicted octanol–water partition coefficient (Wildman–Crippen LogP) is 2.47. The Morgan fingerprint density at radius 2 is 2.14 bits per heavy atom. The molecule has 70 valence electrons. The van der Waals surface area contributed by atoms with Gasteiger partial charge in [-0.1, -0.05) is 30.4 Å². The number of rotatable bonds is 2. The summed E-state index contributed by atoms with van der Waals surface area (Å²) in [5.41, 5.74) is 7.61. The van der Waals surface area contributed by atoms with Crippen LogP contribution in [0.2, 0.25) is 0 Å². The number of nitrogens with two attached hydrogens (primary N) is 1. The minimum absolute atomic E-state index is 0.398. The van der Waals surface area contributed by atoms with Crippen LogP contribution in [0.25, 0.3) is 17.0 Å². The van der Waals surface area contributed by atoms with Crippen molar-refractivity contribution in [2.75, 3.05) is 0 Å². The van der Waals surface area contributed by atoms with Crippen LogP contribution >= 0.6 is 12.2 Å². The predicted molar refractivity (Wildman–Crippen MR) is 64.1 cm³/mol. The van der Waals surface area contributed by atoms with E-state index in [1.54, 1.807) is 6.08 Å². The molecule has 1 aromatic carbocycles. The highest BCUT2D eigenvalue weighted by Gasteiger charge is 1.97. The van der Waals surface area contributed by atoms with Gasteiger partial charge in [-0.15, -0.1) is 0 Å². The third-order valence-corrected chi connectivity index (χ3v) is 2.18. The van der Waals surface area contributed by atoms with E-state index >= 15 is 0 Å². The number of benzene rings is 1. The summed E-state index contributed by atoms with van der Waals surface area (Å²) in [6.07, 6.45) is 5.59. The van der Waals surface area contributed by atoms with Crippen LogP contribution < -0.4 is 5.73 Å². The van der Waals surface area contributed by atoms with Gasteiger partial charge in [0, 0.05) is 17.1 Å². The summed E-state index contributed by atoms with van der Waals surface area (Å²) in [7, 11) is 0. The molecule has 14 heavy (non-hydrogen) atoms. The van der Waals surface area contributed by atoms with Gasteiger partial charge in [0.25, 0.3) is 0 Å². The third kappa shape index (κ3) is 1.67. The van der Waals surface area contributed by atoms with Crippen LogP contribution in [0, 0.1) is 0 Å². The number of nitrogens with one attached hydrogen (secondary N) is 1. The van der Waals surface area contributed by atoms with Crippen LogP contribution in [0.15, 0.2) is 36.5 Å². The average Bonchev–Trinajstić information content (AvgIpc) is 2.58. The van der Waals surface area contributed by atoms with Crippen LogP contribution in [-0.2, 0) is 0 Å². The zero-order valence-corrected chi connectivity index (χ0v) is 8.34. The Bertz CT molecular complexity index is 497. The molecule has 0 aliphatic rings. The molecule has 0 bridgehead atoms. The molecule has 0 atom stereocenters. The lowest BCUT2D eigenvalue weighted by atomic mass is 10.1. The molecular weight excluding hydrogens is 192 g/mol. The molecule has 0 saturated carbocycles. The summed E-state index contributed by atoms with van der Waals surface area (Å²) in [5, 5.41) is 1.18. The number of hydrogen-bond donors (Lipinski definition) is 2. The number of H-pyrrole nitrogens is 1. The van der Waals surface area contributed by atoms with Crippen molar-refractivity contribution in [3.05, 3.63) is 42.1 Å². The molecule has 3 N–H and O–H groups in total. The number of fused-ring (bicyclic) bond motifs is 1. The summed E-state index contributed by atoms with van der Waals surface area (Å²) in [5.74, 6) is 0. The monoisotopic (exact) mass is 202 g/mol. The van der Waals surface area contributed by atoms with Gasteiger partial charge in [-0.05, 0) is 23.8 Å². The van der Waals surface area contributed by atoms with E-state index in [0.717, 1.165) is 11.1 Å². The normalized spacial score (nSPS) is 11.1. The van der Waals surface area contributed by atoms with Crippen molar-refractivity contribution in [2.24, 2.45) is 5.73 Å². The maximum Gasteiger partial charge on any atom is 0.0962 e. The second kappa shape index (κ2) is 3.64. The average molecular weight is 202 g/mol. The molecule has 0 unspecified atom stereocenters. The number of aromatic nitrogens is 1. The quantitative estimate of drug-likeness (QED) is 0.580. The highest BCUT2D eigenvalue weighted by molar-refractivity contribution is 7.80. The van der Waals surface area contributed by atoms with Crippen molar-refractivity contribution in [1.29, 1.82) is 0 Å². The summed E-state index contributed by atoms with van der Waals surface area (Å²) >= 11 is 4.77. The maximum atomic E-state index is 5.39. The van der Waals surface area contributed by atoms with Gasteiger partial charge in [-0.2, -0.15) is 0 Å². The van der Waals surface area contributed by atoms with Crippen molar-refractivity contribution in [2.45, 2.75) is 0 Å². The molecule has 0 amide bonds. The Hall–Kier alpha value is -1.61. The number of para-hydroxylation sites is 1. The largest absolute Gasteiger partial charge is 0.390 e. The molecule has 2 nitrogen and oxygen atoms in total. The van der Waals surface area contributed by atoms with Crippen molar-refractivity contribution in [3.63, 3.8) is 0 Å². The minimum atomic E-state index is 0.398. The number of aromatic amines is 1. The zero-order valence-electron chi connectivity index (χ0n) is 7.53. The molecule has 0 aliphatic carbocycles. The van der Waals surface area contributed by atoms with Crippen LogP contribution in [-0.4, -0.2) is 9.97 Å². The smallest absolute Gasteiger partial charge is 0.0962 e. The fourth-order valence-corrected chi connectivity index (χ4v) is 1.47. The summed E-state index contributed by atoms with van der Waals surface area (Å²) in [6, 6.07) is 8.10. The van der Waals surface area contributed by atoms with E-state index in [1.165, 1.54) is 5.39 Å². The van der Waals surface area contributed by atoms with E-state index < -0.39 is 0 Å². The van der Waals surface area contributed by atoms with Crippen LogP contribution in [0.4, 0.5) is 0 Å². The van der Waals surface area contributed by atoms with Gasteiger partial charge in [0.2, 0.25) is 0 Å². The van der Waals surface area contributed by atoms with E-state index in [1.807, 2.05) is 30.5 Å². The first kappa shape index (κ1) is 8.97. The minimum Gasteiger partial charge on any atom is -0.390 e. The van der Waals surface area contributed by atoms with Crippen LogP contribution in [0.1, 0.15) is 5.56 Å². The lowest BCUT2D eigenvalue weighted by molar-refractivity contribution is 1.47. The second-order valence-corrected chi connectivity index (χ2v) is 3.50. The fraction of sp³-hybridized carbons (Fsp3) is 0. The van der Waals surface area contributed by atoms with Crippen molar-refractivity contribution >= 4 is 34.2 Å². The molecule has 1 heterocycles. The zero-order chi connectivity index (χ0) is 9.97. The van der Waals surface area contributed by atoms with Gasteiger partial charge in [0.15, 0.2) is 0 Å².